The van der Waals surface area contributed by atoms with Gasteiger partial charge in [0.15, 0.2) is 0 Å². The van der Waals surface area contributed by atoms with Crippen LogP contribution in [0.4, 0.5) is 0 Å². The number of carbonyl (C=O) groups is 1. The minimum Gasteiger partial charge on any atom is -0.391 e. The molecule has 1 aromatic heterocycles. The van der Waals surface area contributed by atoms with E-state index in [9.17, 15) is 9.90 Å². The van der Waals surface area contributed by atoms with Crippen molar-refractivity contribution in [3.63, 3.8) is 0 Å². The fourth-order valence-electron chi connectivity index (χ4n) is 1.88. The summed E-state index contributed by atoms with van der Waals surface area (Å²) in [7, 11) is 0. The Hall–Kier alpha value is -0.550. The summed E-state index contributed by atoms with van der Waals surface area (Å²) in [4.78, 5) is 15.8. The molecule has 20 heavy (non-hydrogen) atoms. The molecule has 4 nitrogen and oxygen atoms in total. The van der Waals surface area contributed by atoms with E-state index in [-0.39, 0.29) is 33.2 Å². The number of aliphatic hydroxyl groups excluding tert-OH is 1. The summed E-state index contributed by atoms with van der Waals surface area (Å²) in [6.07, 6.45) is 2.36. The number of nitrogens with zero attached hydrogens (tertiary/aromatic N) is 1. The van der Waals surface area contributed by atoms with Gasteiger partial charge in [0, 0.05) is 12.7 Å². The minimum atomic E-state index is -0.601. The average Bonchev–Trinajstić information content (AvgIpc) is 2.43. The Bertz CT molecular complexity index is 479. The third kappa shape index (κ3) is 4.22. The number of hydrogen-bond donors (Lipinski definition) is 2. The first-order valence-corrected chi connectivity index (χ1v) is 7.51. The summed E-state index contributed by atoms with van der Waals surface area (Å²) in [5, 5.41) is 12.8. The van der Waals surface area contributed by atoms with Gasteiger partial charge in [-0.1, -0.05) is 61.5 Å². The zero-order chi connectivity index (χ0) is 15.3. The van der Waals surface area contributed by atoms with Crippen LogP contribution in [0.15, 0.2) is 6.20 Å². The second-order valence-electron chi connectivity index (χ2n) is 4.44. The van der Waals surface area contributed by atoms with Gasteiger partial charge in [-0.15, -0.1) is 0 Å². The Morgan fingerprint density at radius 2 is 1.90 bits per heavy atom. The van der Waals surface area contributed by atoms with E-state index in [2.05, 4.69) is 10.3 Å². The largest absolute Gasteiger partial charge is 0.391 e. The van der Waals surface area contributed by atoms with Gasteiger partial charge < -0.3 is 10.4 Å². The molecule has 2 N–H and O–H groups in total. The molecule has 1 rings (SSSR count). The Balaban J connectivity index is 2.71. The lowest BCUT2D eigenvalue weighted by Crippen LogP contribution is -2.36. The van der Waals surface area contributed by atoms with Crippen LogP contribution in [-0.4, -0.2) is 28.6 Å². The van der Waals surface area contributed by atoms with E-state index in [4.69, 9.17) is 34.8 Å². The third-order valence-electron chi connectivity index (χ3n) is 3.20. The van der Waals surface area contributed by atoms with E-state index >= 15 is 0 Å². The maximum absolute atomic E-state index is 12.0. The zero-order valence-corrected chi connectivity index (χ0v) is 13.6. The zero-order valence-electron chi connectivity index (χ0n) is 11.3. The Morgan fingerprint density at radius 3 is 2.45 bits per heavy atom. The van der Waals surface area contributed by atoms with Crippen LogP contribution < -0.4 is 5.32 Å². The molecule has 112 valence electrons. The highest BCUT2D eigenvalue weighted by Gasteiger charge is 2.20. The Morgan fingerprint density at radius 1 is 1.30 bits per heavy atom. The number of pyridine rings is 1. The molecule has 0 radical (unpaired) electrons. The molecular weight excluding hydrogens is 323 g/mol. The van der Waals surface area contributed by atoms with E-state index in [0.717, 1.165) is 12.8 Å². The number of aromatic nitrogens is 1. The van der Waals surface area contributed by atoms with Gasteiger partial charge in [0.05, 0.1) is 21.2 Å². The maximum atomic E-state index is 12.0. The van der Waals surface area contributed by atoms with Crippen molar-refractivity contribution in [3.8, 4) is 0 Å². The molecule has 0 aromatic carbocycles. The lowest BCUT2D eigenvalue weighted by molar-refractivity contribution is 0.0813. The molecule has 1 aromatic rings. The summed E-state index contributed by atoms with van der Waals surface area (Å²) in [5.41, 5.74) is -0.00202. The molecule has 0 spiro atoms. The number of aliphatic hydroxyl groups is 1. The fraction of sp³-hybridized carbons (Fsp3) is 0.538. The molecule has 0 bridgehead atoms. The number of carbonyl (C=O) groups excluding carboxylic acids is 1. The first-order chi connectivity index (χ1) is 9.42. The summed E-state index contributed by atoms with van der Waals surface area (Å²) >= 11 is 17.5. The van der Waals surface area contributed by atoms with Crippen LogP contribution in [0.5, 0.6) is 0 Å². The quantitative estimate of drug-likeness (QED) is 0.833. The molecule has 1 heterocycles. The van der Waals surface area contributed by atoms with Crippen LogP contribution in [0.25, 0.3) is 0 Å². The molecule has 7 heteroatoms. The normalized spacial score (nSPS) is 12.6. The highest BCUT2D eigenvalue weighted by Crippen LogP contribution is 2.30. The molecule has 0 fully saturated rings. The molecule has 0 aliphatic carbocycles. The van der Waals surface area contributed by atoms with E-state index in [1.165, 1.54) is 6.20 Å². The third-order valence-corrected chi connectivity index (χ3v) is 4.44. The number of halogens is 3. The van der Waals surface area contributed by atoms with E-state index in [0.29, 0.717) is 0 Å². The number of nitrogens with one attached hydrogen (secondary N) is 1. The minimum absolute atomic E-state index is 0.00202. The topological polar surface area (TPSA) is 62.2 Å². The van der Waals surface area contributed by atoms with E-state index in [1.54, 1.807) is 0 Å². The van der Waals surface area contributed by atoms with Gasteiger partial charge >= 0.3 is 0 Å². The first-order valence-electron chi connectivity index (χ1n) is 6.38. The van der Waals surface area contributed by atoms with Gasteiger partial charge in [0.25, 0.3) is 5.91 Å². The van der Waals surface area contributed by atoms with Crippen molar-refractivity contribution in [2.45, 2.75) is 32.8 Å². The molecule has 0 aliphatic rings. The van der Waals surface area contributed by atoms with E-state index < -0.39 is 12.0 Å². The standard InChI is InChI=1S/C13H17Cl3N2O2/c1-3-7(4-2)9(19)6-18-13(20)12-11(16)10(15)8(14)5-17-12/h5,7,9,19H,3-4,6H2,1-2H3,(H,18,20). The van der Waals surface area contributed by atoms with Gasteiger partial charge in [-0.2, -0.15) is 0 Å². The molecule has 0 saturated carbocycles. The van der Waals surface area contributed by atoms with Crippen LogP contribution in [0, 0.1) is 5.92 Å². The highest BCUT2D eigenvalue weighted by molar-refractivity contribution is 6.48. The lowest BCUT2D eigenvalue weighted by Gasteiger charge is -2.20. The van der Waals surface area contributed by atoms with Gasteiger partial charge in [0.2, 0.25) is 0 Å². The Kier molecular flexibility index (Phi) is 7.03. The van der Waals surface area contributed by atoms with Crippen LogP contribution in [0.2, 0.25) is 15.1 Å². The maximum Gasteiger partial charge on any atom is 0.271 e. The lowest BCUT2D eigenvalue weighted by atomic mass is 9.96. The monoisotopic (exact) mass is 338 g/mol. The van der Waals surface area contributed by atoms with Crippen LogP contribution in [0.3, 0.4) is 0 Å². The smallest absolute Gasteiger partial charge is 0.271 e. The highest BCUT2D eigenvalue weighted by atomic mass is 35.5. The second-order valence-corrected chi connectivity index (χ2v) is 5.60. The van der Waals surface area contributed by atoms with Crippen molar-refractivity contribution >= 4 is 40.7 Å². The van der Waals surface area contributed by atoms with Crippen molar-refractivity contribution in [3.05, 3.63) is 27.0 Å². The molecule has 1 atom stereocenters. The summed E-state index contributed by atoms with van der Waals surface area (Å²) < 4.78 is 0. The Labute approximate surface area is 133 Å². The molecule has 0 aliphatic heterocycles. The second kappa shape index (κ2) is 8.03. The predicted molar refractivity (Wildman–Crippen MR) is 81.7 cm³/mol. The summed E-state index contributed by atoms with van der Waals surface area (Å²) in [5.74, 6) is -0.342. The SMILES string of the molecule is CCC(CC)C(O)CNC(=O)c1ncc(Cl)c(Cl)c1Cl. The molecular formula is C13H17Cl3N2O2. The van der Waals surface area contributed by atoms with Crippen molar-refractivity contribution < 1.29 is 9.90 Å². The number of hydrogen-bond acceptors (Lipinski definition) is 3. The molecule has 1 unspecified atom stereocenters. The first kappa shape index (κ1) is 17.5. The van der Waals surface area contributed by atoms with Gasteiger partial charge in [-0.3, -0.25) is 4.79 Å². The van der Waals surface area contributed by atoms with Gasteiger partial charge in [0.1, 0.15) is 5.69 Å². The predicted octanol–water partition coefficient (Wildman–Crippen LogP) is 3.57. The van der Waals surface area contributed by atoms with Crippen molar-refractivity contribution in [2.75, 3.05) is 6.54 Å². The number of rotatable bonds is 6. The molecule has 0 saturated heterocycles. The summed E-state index contributed by atoms with van der Waals surface area (Å²) in [6.45, 7) is 4.14. The molecule has 1 amide bonds. The van der Waals surface area contributed by atoms with Gasteiger partial charge in [-0.05, 0) is 5.92 Å². The van der Waals surface area contributed by atoms with Crippen LogP contribution in [-0.2, 0) is 0 Å². The average molecular weight is 340 g/mol. The van der Waals surface area contributed by atoms with Crippen LogP contribution >= 0.6 is 34.8 Å². The van der Waals surface area contributed by atoms with Gasteiger partial charge in [-0.25, -0.2) is 4.98 Å². The van der Waals surface area contributed by atoms with Crippen molar-refractivity contribution in [2.24, 2.45) is 5.92 Å². The van der Waals surface area contributed by atoms with E-state index in [1.807, 2.05) is 13.8 Å². The van der Waals surface area contributed by atoms with Crippen LogP contribution in [0.1, 0.15) is 37.2 Å². The van der Waals surface area contributed by atoms with Crippen molar-refractivity contribution in [1.29, 1.82) is 0 Å². The number of amides is 1. The summed E-state index contributed by atoms with van der Waals surface area (Å²) in [6, 6.07) is 0. The van der Waals surface area contributed by atoms with Crippen molar-refractivity contribution in [1.82, 2.24) is 10.3 Å². The fourth-order valence-corrected chi connectivity index (χ4v) is 2.45.